The summed E-state index contributed by atoms with van der Waals surface area (Å²) in [7, 11) is -3.75. The van der Waals surface area contributed by atoms with Crippen LogP contribution in [0.25, 0.3) is 11.1 Å². The molecule has 1 fully saturated rings. The highest BCUT2D eigenvalue weighted by atomic mass is 32.2. The molecule has 3 heterocycles. The minimum Gasteiger partial charge on any atom is -0.440 e. The molecule has 2 aliphatic rings. The van der Waals surface area contributed by atoms with E-state index < -0.39 is 10.0 Å². The van der Waals surface area contributed by atoms with Crippen LogP contribution in [0, 0.1) is 0 Å². The zero-order chi connectivity index (χ0) is 21.6. The number of likely N-dealkylation sites (tertiary alicyclic amines) is 1. The second kappa shape index (κ2) is 7.74. The number of primary sulfonamides is 1. The highest BCUT2D eigenvalue weighted by molar-refractivity contribution is 7.89. The predicted octanol–water partition coefficient (Wildman–Crippen LogP) is 2.24. The summed E-state index contributed by atoms with van der Waals surface area (Å²) in [6.07, 6.45) is 2.42. The number of hydrogen-bond donors (Lipinski definition) is 1. The summed E-state index contributed by atoms with van der Waals surface area (Å²) in [6.45, 7) is 2.51. The second-order valence-corrected chi connectivity index (χ2v) is 9.76. The Hall–Kier alpha value is -2.75. The lowest BCUT2D eigenvalue weighted by molar-refractivity contribution is -0.119. The lowest BCUT2D eigenvalue weighted by atomic mass is 9.97. The van der Waals surface area contributed by atoms with E-state index in [1.807, 2.05) is 24.3 Å². The number of para-hydroxylation sites is 2. The largest absolute Gasteiger partial charge is 0.440 e. The molecule has 9 heteroatoms. The van der Waals surface area contributed by atoms with Crippen molar-refractivity contribution in [3.05, 3.63) is 53.9 Å². The van der Waals surface area contributed by atoms with Gasteiger partial charge in [-0.05, 0) is 68.2 Å². The Balaban J connectivity index is 1.21. The third-order valence-corrected chi connectivity index (χ3v) is 7.09. The fourth-order valence-corrected chi connectivity index (χ4v) is 5.06. The predicted molar refractivity (Wildman–Crippen MR) is 116 cm³/mol. The topological polar surface area (TPSA) is 110 Å². The van der Waals surface area contributed by atoms with E-state index in [4.69, 9.17) is 9.56 Å². The first kappa shape index (κ1) is 20.2. The van der Waals surface area contributed by atoms with E-state index in [9.17, 15) is 13.2 Å². The molecule has 0 radical (unpaired) electrons. The van der Waals surface area contributed by atoms with Crippen molar-refractivity contribution in [3.63, 3.8) is 0 Å². The lowest BCUT2D eigenvalue weighted by Gasteiger charge is -2.31. The summed E-state index contributed by atoms with van der Waals surface area (Å²) in [5, 5.41) is 5.22. The molecule has 0 bridgehead atoms. The standard InChI is InChI=1S/C22H24N4O4S/c23-31(28,29)17-5-6-19-16(13-17)9-12-26(19)21(27)14-25-10-7-15(8-11-25)22-24-18-3-1-2-4-20(18)30-22/h1-6,13,15H,7-12,14H2,(H2,23,28,29). The third kappa shape index (κ3) is 3.96. The van der Waals surface area contributed by atoms with E-state index in [-0.39, 0.29) is 16.7 Å². The van der Waals surface area contributed by atoms with E-state index >= 15 is 0 Å². The summed E-state index contributed by atoms with van der Waals surface area (Å²) >= 11 is 0. The van der Waals surface area contributed by atoms with Crippen LogP contribution >= 0.6 is 0 Å². The molecule has 1 aromatic heterocycles. The monoisotopic (exact) mass is 440 g/mol. The third-order valence-electron chi connectivity index (χ3n) is 6.18. The molecule has 162 valence electrons. The van der Waals surface area contributed by atoms with Gasteiger partial charge >= 0.3 is 0 Å². The van der Waals surface area contributed by atoms with Crippen LogP contribution in [-0.2, 0) is 21.2 Å². The van der Waals surface area contributed by atoms with Gasteiger partial charge in [-0.2, -0.15) is 0 Å². The van der Waals surface area contributed by atoms with Crippen molar-refractivity contribution < 1.29 is 17.6 Å². The molecule has 1 amide bonds. The van der Waals surface area contributed by atoms with Crippen molar-refractivity contribution in [1.29, 1.82) is 0 Å². The van der Waals surface area contributed by atoms with E-state index in [1.165, 1.54) is 6.07 Å². The van der Waals surface area contributed by atoms with E-state index in [0.29, 0.717) is 19.5 Å². The molecule has 0 aliphatic carbocycles. The molecule has 0 spiro atoms. The van der Waals surface area contributed by atoms with Gasteiger partial charge in [0.05, 0.1) is 11.4 Å². The molecule has 2 aliphatic heterocycles. The number of sulfonamides is 1. The quantitative estimate of drug-likeness (QED) is 0.666. The van der Waals surface area contributed by atoms with Crippen molar-refractivity contribution in [3.8, 4) is 0 Å². The van der Waals surface area contributed by atoms with Gasteiger partial charge in [0.2, 0.25) is 15.9 Å². The number of rotatable bonds is 4. The first-order valence-corrected chi connectivity index (χ1v) is 12.0. The maximum absolute atomic E-state index is 12.9. The maximum Gasteiger partial charge on any atom is 0.241 e. The van der Waals surface area contributed by atoms with Gasteiger partial charge in [0.15, 0.2) is 11.5 Å². The molecule has 31 heavy (non-hydrogen) atoms. The summed E-state index contributed by atoms with van der Waals surface area (Å²) in [5.41, 5.74) is 3.31. The Morgan fingerprint density at radius 1 is 1.13 bits per heavy atom. The number of fused-ring (bicyclic) bond motifs is 2. The zero-order valence-corrected chi connectivity index (χ0v) is 17.8. The second-order valence-electron chi connectivity index (χ2n) is 8.20. The Kier molecular flexibility index (Phi) is 5.04. The fraction of sp³-hybridized carbons (Fsp3) is 0.364. The number of nitrogens with zero attached hydrogens (tertiary/aromatic N) is 3. The van der Waals surface area contributed by atoms with Crippen LogP contribution in [0.4, 0.5) is 5.69 Å². The SMILES string of the molecule is NS(=O)(=O)c1ccc2c(c1)CCN2C(=O)CN1CCC(c2nc3ccccc3o2)CC1. The van der Waals surface area contributed by atoms with Crippen LogP contribution in [0.5, 0.6) is 0 Å². The number of piperidine rings is 1. The summed E-state index contributed by atoms with van der Waals surface area (Å²) in [6, 6.07) is 12.5. The lowest BCUT2D eigenvalue weighted by Crippen LogP contribution is -2.42. The Morgan fingerprint density at radius 3 is 2.65 bits per heavy atom. The number of amides is 1. The number of hydrogen-bond acceptors (Lipinski definition) is 6. The average Bonchev–Trinajstić information content (AvgIpc) is 3.37. The molecule has 8 nitrogen and oxygen atoms in total. The first-order chi connectivity index (χ1) is 14.9. The highest BCUT2D eigenvalue weighted by Crippen LogP contribution is 2.32. The molecule has 5 rings (SSSR count). The molecular formula is C22H24N4O4S. The van der Waals surface area contributed by atoms with Gasteiger partial charge in [-0.3, -0.25) is 9.69 Å². The summed E-state index contributed by atoms with van der Waals surface area (Å²) in [4.78, 5) is 21.6. The maximum atomic E-state index is 12.9. The van der Waals surface area contributed by atoms with Crippen molar-refractivity contribution in [1.82, 2.24) is 9.88 Å². The highest BCUT2D eigenvalue weighted by Gasteiger charge is 2.30. The molecule has 2 aromatic carbocycles. The van der Waals surface area contributed by atoms with Crippen LogP contribution in [0.1, 0.15) is 30.2 Å². The van der Waals surface area contributed by atoms with Crippen molar-refractivity contribution >= 4 is 32.7 Å². The van der Waals surface area contributed by atoms with Crippen LogP contribution in [-0.4, -0.2) is 50.4 Å². The van der Waals surface area contributed by atoms with Gasteiger partial charge in [-0.1, -0.05) is 12.1 Å². The fourth-order valence-electron chi connectivity index (χ4n) is 4.49. The zero-order valence-electron chi connectivity index (χ0n) is 17.0. The van der Waals surface area contributed by atoms with E-state index in [0.717, 1.165) is 54.2 Å². The molecule has 3 aromatic rings. The van der Waals surface area contributed by atoms with Crippen LogP contribution in [0.2, 0.25) is 0 Å². The molecule has 2 N–H and O–H groups in total. The first-order valence-electron chi connectivity index (χ1n) is 10.4. The van der Waals surface area contributed by atoms with Gasteiger partial charge < -0.3 is 9.32 Å². The van der Waals surface area contributed by atoms with Gasteiger partial charge in [-0.25, -0.2) is 18.5 Å². The Bertz CT molecular complexity index is 1210. The number of anilines is 1. The van der Waals surface area contributed by atoms with Crippen molar-refractivity contribution in [2.24, 2.45) is 5.14 Å². The summed E-state index contributed by atoms with van der Waals surface area (Å²) < 4.78 is 29.1. The van der Waals surface area contributed by atoms with E-state index in [2.05, 4.69) is 9.88 Å². The number of benzene rings is 2. The van der Waals surface area contributed by atoms with Gasteiger partial charge in [0.1, 0.15) is 5.52 Å². The number of carbonyl (C=O) groups is 1. The molecule has 0 unspecified atom stereocenters. The van der Waals surface area contributed by atoms with Crippen LogP contribution in [0.15, 0.2) is 51.8 Å². The van der Waals surface area contributed by atoms with E-state index in [1.54, 1.807) is 17.0 Å². The average molecular weight is 441 g/mol. The van der Waals surface area contributed by atoms with Gasteiger partial charge in [-0.15, -0.1) is 0 Å². The minimum absolute atomic E-state index is 0.0300. The van der Waals surface area contributed by atoms with Gasteiger partial charge in [0, 0.05) is 18.2 Å². The summed E-state index contributed by atoms with van der Waals surface area (Å²) in [5.74, 6) is 1.08. The molecular weight excluding hydrogens is 416 g/mol. The minimum atomic E-state index is -3.75. The number of aromatic nitrogens is 1. The Morgan fingerprint density at radius 2 is 1.90 bits per heavy atom. The molecule has 1 saturated heterocycles. The number of nitrogens with two attached hydrogens (primary N) is 1. The van der Waals surface area contributed by atoms with Gasteiger partial charge in [0.25, 0.3) is 0 Å². The smallest absolute Gasteiger partial charge is 0.241 e. The van der Waals surface area contributed by atoms with Crippen molar-refractivity contribution in [2.45, 2.75) is 30.1 Å². The number of oxazole rings is 1. The van der Waals surface area contributed by atoms with Crippen LogP contribution in [0.3, 0.4) is 0 Å². The van der Waals surface area contributed by atoms with Crippen LogP contribution < -0.4 is 10.0 Å². The molecule has 0 atom stereocenters. The number of carbonyl (C=O) groups excluding carboxylic acids is 1. The Labute approximate surface area is 180 Å². The van der Waals surface area contributed by atoms with Crippen molar-refractivity contribution in [2.75, 3.05) is 31.1 Å². The molecule has 0 saturated carbocycles. The normalized spacial score (nSPS) is 17.9.